The molecule has 1 saturated heterocycles. The van der Waals surface area contributed by atoms with Gasteiger partial charge in [0.1, 0.15) is 0 Å². The van der Waals surface area contributed by atoms with Crippen LogP contribution in [0.25, 0.3) is 0 Å². The first-order valence-corrected chi connectivity index (χ1v) is 8.25. The summed E-state index contributed by atoms with van der Waals surface area (Å²) in [5.74, 6) is 2.53. The first kappa shape index (κ1) is 14.2. The Morgan fingerprint density at radius 3 is 2.44 bits per heavy atom. The van der Waals surface area contributed by atoms with Crippen LogP contribution in [0.4, 0.5) is 0 Å². The van der Waals surface area contributed by atoms with Crippen molar-refractivity contribution in [2.45, 2.75) is 58.0 Å². The molecule has 2 fully saturated rings. The lowest BCUT2D eigenvalue weighted by atomic mass is 9.84. The first-order valence-electron chi connectivity index (χ1n) is 7.09. The van der Waals surface area contributed by atoms with Crippen LogP contribution >= 0.6 is 11.8 Å². The Hall–Kier alpha value is -0.220. The van der Waals surface area contributed by atoms with Crippen LogP contribution in [0, 0.1) is 11.3 Å². The zero-order chi connectivity index (χ0) is 13.2. The zero-order valence-corrected chi connectivity index (χ0v) is 12.4. The molecule has 1 atom stereocenters. The second-order valence-electron chi connectivity index (χ2n) is 6.70. The number of carbonyl (C=O) groups is 1. The van der Waals surface area contributed by atoms with Crippen molar-refractivity contribution in [2.75, 3.05) is 11.5 Å². The van der Waals surface area contributed by atoms with E-state index >= 15 is 0 Å². The van der Waals surface area contributed by atoms with Gasteiger partial charge in [0.15, 0.2) is 0 Å². The molecule has 0 aromatic rings. The van der Waals surface area contributed by atoms with E-state index in [0.717, 1.165) is 25.7 Å². The summed E-state index contributed by atoms with van der Waals surface area (Å²) in [7, 11) is 0. The number of hydrogen-bond donors (Lipinski definition) is 2. The maximum Gasteiger partial charge on any atom is 0.220 e. The van der Waals surface area contributed by atoms with E-state index in [9.17, 15) is 4.79 Å². The maximum absolute atomic E-state index is 11.1. The number of primary amides is 1. The highest BCUT2D eigenvalue weighted by Crippen LogP contribution is 2.34. The molecule has 1 heterocycles. The molecule has 2 aliphatic rings. The third-order valence-electron chi connectivity index (χ3n) is 4.21. The summed E-state index contributed by atoms with van der Waals surface area (Å²) in [5.41, 5.74) is 5.83. The van der Waals surface area contributed by atoms with Gasteiger partial charge in [-0.15, -0.1) is 0 Å². The van der Waals surface area contributed by atoms with E-state index in [1.807, 2.05) is 0 Å². The Morgan fingerprint density at radius 1 is 1.22 bits per heavy atom. The van der Waals surface area contributed by atoms with Crippen molar-refractivity contribution in [2.24, 2.45) is 17.1 Å². The molecule has 0 aromatic carbocycles. The summed E-state index contributed by atoms with van der Waals surface area (Å²) >= 11 is 2.07. The molecule has 1 saturated carbocycles. The van der Waals surface area contributed by atoms with Crippen LogP contribution in [0.3, 0.4) is 0 Å². The molecule has 0 spiro atoms. The van der Waals surface area contributed by atoms with Crippen molar-refractivity contribution < 1.29 is 4.79 Å². The average Bonchev–Trinajstić information content (AvgIpc) is 2.28. The normalized spacial score (nSPS) is 36.2. The lowest BCUT2D eigenvalue weighted by Gasteiger charge is -2.38. The molecule has 2 rings (SSSR count). The largest absolute Gasteiger partial charge is 0.369 e. The molecule has 1 aliphatic heterocycles. The Morgan fingerprint density at radius 2 is 1.89 bits per heavy atom. The minimum Gasteiger partial charge on any atom is -0.369 e. The minimum atomic E-state index is -0.109. The second-order valence-corrected chi connectivity index (χ2v) is 7.73. The Balaban J connectivity index is 1.76. The topological polar surface area (TPSA) is 55.1 Å². The number of nitrogens with two attached hydrogens (primary N) is 1. The van der Waals surface area contributed by atoms with Crippen LogP contribution in [0.15, 0.2) is 0 Å². The average molecular weight is 270 g/mol. The molecule has 4 heteroatoms. The summed E-state index contributed by atoms with van der Waals surface area (Å²) in [4.78, 5) is 11.1. The highest BCUT2D eigenvalue weighted by molar-refractivity contribution is 7.99. The predicted molar refractivity (Wildman–Crippen MR) is 77.6 cm³/mol. The SMILES string of the molecule is CC1(C)CSCC(NC2CCC(C(N)=O)CC2)C1. The highest BCUT2D eigenvalue weighted by Gasteiger charge is 2.31. The molecule has 0 aromatic heterocycles. The van der Waals surface area contributed by atoms with Crippen molar-refractivity contribution in [1.29, 1.82) is 0 Å². The zero-order valence-electron chi connectivity index (χ0n) is 11.6. The van der Waals surface area contributed by atoms with Gasteiger partial charge in [0.05, 0.1) is 0 Å². The molecule has 18 heavy (non-hydrogen) atoms. The van der Waals surface area contributed by atoms with Gasteiger partial charge in [-0.3, -0.25) is 4.79 Å². The van der Waals surface area contributed by atoms with Crippen LogP contribution < -0.4 is 11.1 Å². The lowest BCUT2D eigenvalue weighted by molar-refractivity contribution is -0.122. The number of carbonyl (C=O) groups excluding carboxylic acids is 1. The number of amides is 1. The fourth-order valence-corrected chi connectivity index (χ4v) is 4.53. The van der Waals surface area contributed by atoms with Crippen LogP contribution in [-0.2, 0) is 4.79 Å². The Labute approximate surface area is 115 Å². The predicted octanol–water partition coefficient (Wildman–Crippen LogP) is 2.15. The molecule has 0 bridgehead atoms. The van der Waals surface area contributed by atoms with E-state index in [0.29, 0.717) is 17.5 Å². The van der Waals surface area contributed by atoms with Gasteiger partial charge in [-0.1, -0.05) is 13.8 Å². The van der Waals surface area contributed by atoms with Crippen molar-refractivity contribution in [3.8, 4) is 0 Å². The van der Waals surface area contributed by atoms with Crippen molar-refractivity contribution in [1.82, 2.24) is 5.32 Å². The molecule has 3 nitrogen and oxygen atoms in total. The number of thioether (sulfide) groups is 1. The molecular weight excluding hydrogens is 244 g/mol. The van der Waals surface area contributed by atoms with E-state index in [-0.39, 0.29) is 11.8 Å². The summed E-state index contributed by atoms with van der Waals surface area (Å²) < 4.78 is 0. The monoisotopic (exact) mass is 270 g/mol. The summed E-state index contributed by atoms with van der Waals surface area (Å²) in [6, 6.07) is 1.24. The maximum atomic E-state index is 11.1. The molecule has 0 radical (unpaired) electrons. The van der Waals surface area contributed by atoms with E-state index in [1.165, 1.54) is 17.9 Å². The number of nitrogens with one attached hydrogen (secondary N) is 1. The van der Waals surface area contributed by atoms with Crippen LogP contribution in [0.5, 0.6) is 0 Å². The van der Waals surface area contributed by atoms with Crippen LogP contribution in [0.1, 0.15) is 46.0 Å². The van der Waals surface area contributed by atoms with E-state index in [4.69, 9.17) is 5.73 Å². The third kappa shape index (κ3) is 3.89. The molecule has 3 N–H and O–H groups in total. The Kier molecular flexibility index (Phi) is 4.59. The fraction of sp³-hybridized carbons (Fsp3) is 0.929. The third-order valence-corrected chi connectivity index (χ3v) is 5.84. The van der Waals surface area contributed by atoms with Gasteiger partial charge in [-0.2, -0.15) is 11.8 Å². The summed E-state index contributed by atoms with van der Waals surface area (Å²) in [5, 5.41) is 3.80. The molecule has 1 aliphatic carbocycles. The van der Waals surface area contributed by atoms with Crippen LogP contribution in [-0.4, -0.2) is 29.5 Å². The number of hydrogen-bond acceptors (Lipinski definition) is 3. The van der Waals surface area contributed by atoms with Crippen molar-refractivity contribution >= 4 is 17.7 Å². The second kappa shape index (κ2) is 5.83. The summed E-state index contributed by atoms with van der Waals surface area (Å²) in [6.45, 7) is 4.72. The van der Waals surface area contributed by atoms with E-state index in [2.05, 4.69) is 30.9 Å². The van der Waals surface area contributed by atoms with Crippen molar-refractivity contribution in [3.05, 3.63) is 0 Å². The van der Waals surface area contributed by atoms with Gasteiger partial charge < -0.3 is 11.1 Å². The Bertz CT molecular complexity index is 298. The summed E-state index contributed by atoms with van der Waals surface area (Å²) in [6.07, 6.45) is 5.42. The molecule has 1 unspecified atom stereocenters. The number of rotatable bonds is 3. The van der Waals surface area contributed by atoms with Gasteiger partial charge in [0, 0.05) is 23.8 Å². The van der Waals surface area contributed by atoms with Gasteiger partial charge in [-0.05, 0) is 43.3 Å². The molecular formula is C14H26N2OS. The minimum absolute atomic E-state index is 0.109. The first-order chi connectivity index (χ1) is 8.46. The molecule has 104 valence electrons. The quantitative estimate of drug-likeness (QED) is 0.826. The fourth-order valence-electron chi connectivity index (χ4n) is 3.25. The highest BCUT2D eigenvalue weighted by atomic mass is 32.2. The van der Waals surface area contributed by atoms with Gasteiger partial charge in [0.2, 0.25) is 5.91 Å². The van der Waals surface area contributed by atoms with Crippen LogP contribution in [0.2, 0.25) is 0 Å². The lowest BCUT2D eigenvalue weighted by Crippen LogP contribution is -2.47. The van der Waals surface area contributed by atoms with E-state index < -0.39 is 0 Å². The van der Waals surface area contributed by atoms with Gasteiger partial charge >= 0.3 is 0 Å². The van der Waals surface area contributed by atoms with Gasteiger partial charge in [-0.25, -0.2) is 0 Å². The van der Waals surface area contributed by atoms with E-state index in [1.54, 1.807) is 0 Å². The standard InChI is InChI=1S/C14H26N2OS/c1-14(2)7-12(8-18-9-14)16-11-5-3-10(4-6-11)13(15)17/h10-12,16H,3-9H2,1-2H3,(H2,15,17). The molecule has 1 amide bonds. The van der Waals surface area contributed by atoms with Crippen molar-refractivity contribution in [3.63, 3.8) is 0 Å². The van der Waals surface area contributed by atoms with Gasteiger partial charge in [0.25, 0.3) is 0 Å². The smallest absolute Gasteiger partial charge is 0.220 e.